The van der Waals surface area contributed by atoms with Crippen LogP contribution in [0.3, 0.4) is 0 Å². The van der Waals surface area contributed by atoms with Gasteiger partial charge in [0.05, 0.1) is 0 Å². The lowest BCUT2D eigenvalue weighted by atomic mass is 10.0. The lowest BCUT2D eigenvalue weighted by Crippen LogP contribution is -2.14. The molecule has 100 valence electrons. The van der Waals surface area contributed by atoms with Crippen molar-refractivity contribution in [1.29, 1.82) is 0 Å². The van der Waals surface area contributed by atoms with Crippen molar-refractivity contribution in [2.75, 3.05) is 0 Å². The molecule has 0 saturated heterocycles. The molecule has 0 saturated carbocycles. The summed E-state index contributed by atoms with van der Waals surface area (Å²) in [6, 6.07) is 5.71. The number of halogens is 2. The highest BCUT2D eigenvalue weighted by Gasteiger charge is 2.20. The highest BCUT2D eigenvalue weighted by molar-refractivity contribution is 7.12. The second kappa shape index (κ2) is 5.02. The number of hydrogen-bond acceptors (Lipinski definition) is 2. The van der Waals surface area contributed by atoms with Crippen LogP contribution in [0.25, 0.3) is 0 Å². The summed E-state index contributed by atoms with van der Waals surface area (Å²) in [6.07, 6.45) is 3.63. The Morgan fingerprint density at radius 2 is 1.95 bits per heavy atom. The highest BCUT2D eigenvalue weighted by atomic mass is 32.1. The molecule has 0 spiro atoms. The van der Waals surface area contributed by atoms with Crippen LogP contribution in [0.1, 0.15) is 33.3 Å². The summed E-state index contributed by atoms with van der Waals surface area (Å²) in [5.74, 6) is -1.03. The standard InChI is InChI=1S/C15H15F2NS/c16-11-4-2-5-12(17)10(11)8-13(18)15-7-9-3-1-6-14(9)19-15/h2,4-5,7,13H,1,3,6,8,18H2. The molecular weight excluding hydrogens is 264 g/mol. The van der Waals surface area contributed by atoms with E-state index in [0.29, 0.717) is 0 Å². The highest BCUT2D eigenvalue weighted by Crippen LogP contribution is 2.34. The maximum Gasteiger partial charge on any atom is 0.129 e. The molecule has 4 heteroatoms. The van der Waals surface area contributed by atoms with Gasteiger partial charge in [0.1, 0.15) is 11.6 Å². The van der Waals surface area contributed by atoms with Crippen molar-refractivity contribution in [1.82, 2.24) is 0 Å². The minimum absolute atomic E-state index is 0.0866. The van der Waals surface area contributed by atoms with Crippen molar-refractivity contribution in [2.45, 2.75) is 31.7 Å². The summed E-state index contributed by atoms with van der Waals surface area (Å²) in [5.41, 5.74) is 7.55. The van der Waals surface area contributed by atoms with Gasteiger partial charge in [0.25, 0.3) is 0 Å². The molecule has 0 bridgehead atoms. The normalized spacial score (nSPS) is 15.5. The van der Waals surface area contributed by atoms with Crippen LogP contribution in [0.5, 0.6) is 0 Å². The van der Waals surface area contributed by atoms with Crippen LogP contribution in [0.15, 0.2) is 24.3 Å². The molecule has 2 N–H and O–H groups in total. The third kappa shape index (κ3) is 2.42. The number of rotatable bonds is 3. The average molecular weight is 279 g/mol. The van der Waals surface area contributed by atoms with E-state index in [1.54, 1.807) is 11.3 Å². The SMILES string of the molecule is NC(Cc1c(F)cccc1F)c1cc2c(s1)CCC2. The fourth-order valence-corrected chi connectivity index (χ4v) is 3.84. The number of aryl methyl sites for hydroxylation is 2. The summed E-state index contributed by atoms with van der Waals surface area (Å²) in [7, 11) is 0. The molecule has 1 atom stereocenters. The second-order valence-corrected chi connectivity index (χ2v) is 6.13. The second-order valence-electron chi connectivity index (χ2n) is 4.96. The fraction of sp³-hybridized carbons (Fsp3) is 0.333. The molecule has 1 heterocycles. The van der Waals surface area contributed by atoms with Gasteiger partial charge in [-0.1, -0.05) is 6.07 Å². The molecule has 1 aromatic carbocycles. The predicted octanol–water partition coefficient (Wildman–Crippen LogP) is 3.76. The molecule has 1 aliphatic rings. The van der Waals surface area contributed by atoms with E-state index in [4.69, 9.17) is 5.73 Å². The van der Waals surface area contributed by atoms with E-state index in [-0.39, 0.29) is 18.0 Å². The van der Waals surface area contributed by atoms with E-state index in [1.807, 2.05) is 0 Å². The molecule has 0 amide bonds. The van der Waals surface area contributed by atoms with E-state index in [1.165, 1.54) is 35.1 Å². The van der Waals surface area contributed by atoms with Gasteiger partial charge in [-0.25, -0.2) is 8.78 Å². The number of hydrogen-bond donors (Lipinski definition) is 1. The Labute approximate surface area is 115 Å². The first-order chi connectivity index (χ1) is 9.15. The maximum absolute atomic E-state index is 13.6. The van der Waals surface area contributed by atoms with E-state index in [0.717, 1.165) is 17.7 Å². The molecule has 0 fully saturated rings. The van der Waals surface area contributed by atoms with Crippen LogP contribution in [0.4, 0.5) is 8.78 Å². The van der Waals surface area contributed by atoms with Gasteiger partial charge >= 0.3 is 0 Å². The van der Waals surface area contributed by atoms with Crippen LogP contribution in [-0.2, 0) is 19.3 Å². The van der Waals surface area contributed by atoms with Crippen molar-refractivity contribution < 1.29 is 8.78 Å². The number of benzene rings is 1. The molecule has 0 aliphatic heterocycles. The van der Waals surface area contributed by atoms with Gasteiger partial charge in [-0.05, 0) is 49.4 Å². The maximum atomic E-state index is 13.6. The zero-order valence-electron chi connectivity index (χ0n) is 10.5. The quantitative estimate of drug-likeness (QED) is 0.909. The Balaban J connectivity index is 1.82. The van der Waals surface area contributed by atoms with Crippen molar-refractivity contribution in [3.05, 3.63) is 56.8 Å². The molecule has 1 aromatic heterocycles. The molecule has 1 nitrogen and oxygen atoms in total. The first-order valence-electron chi connectivity index (χ1n) is 6.45. The molecule has 0 radical (unpaired) electrons. The zero-order chi connectivity index (χ0) is 13.4. The summed E-state index contributed by atoms with van der Waals surface area (Å²) in [4.78, 5) is 2.42. The van der Waals surface area contributed by atoms with Crippen LogP contribution in [-0.4, -0.2) is 0 Å². The summed E-state index contributed by atoms with van der Waals surface area (Å²) in [6.45, 7) is 0. The first-order valence-corrected chi connectivity index (χ1v) is 7.26. The van der Waals surface area contributed by atoms with E-state index in [9.17, 15) is 8.78 Å². The van der Waals surface area contributed by atoms with Crippen LogP contribution in [0.2, 0.25) is 0 Å². The van der Waals surface area contributed by atoms with E-state index < -0.39 is 11.6 Å². The summed E-state index contributed by atoms with van der Waals surface area (Å²) in [5, 5.41) is 0. The smallest absolute Gasteiger partial charge is 0.129 e. The minimum atomic E-state index is -0.514. The molecule has 1 unspecified atom stereocenters. The molecule has 19 heavy (non-hydrogen) atoms. The Morgan fingerprint density at radius 3 is 2.63 bits per heavy atom. The average Bonchev–Trinajstić information content (AvgIpc) is 2.94. The Kier molecular flexibility index (Phi) is 3.37. The van der Waals surface area contributed by atoms with E-state index >= 15 is 0 Å². The van der Waals surface area contributed by atoms with Crippen molar-refractivity contribution >= 4 is 11.3 Å². The van der Waals surface area contributed by atoms with Crippen LogP contribution >= 0.6 is 11.3 Å². The first kappa shape index (κ1) is 12.8. The number of nitrogens with two attached hydrogens (primary N) is 1. The fourth-order valence-electron chi connectivity index (χ4n) is 2.58. The van der Waals surface area contributed by atoms with Gasteiger partial charge in [-0.15, -0.1) is 11.3 Å². The van der Waals surface area contributed by atoms with Gasteiger partial charge in [0.15, 0.2) is 0 Å². The molecule has 1 aliphatic carbocycles. The van der Waals surface area contributed by atoms with Crippen molar-refractivity contribution in [3.63, 3.8) is 0 Å². The summed E-state index contributed by atoms with van der Waals surface area (Å²) >= 11 is 1.69. The van der Waals surface area contributed by atoms with Crippen LogP contribution < -0.4 is 5.73 Å². The zero-order valence-corrected chi connectivity index (χ0v) is 11.3. The number of thiophene rings is 1. The van der Waals surface area contributed by atoms with E-state index in [2.05, 4.69) is 6.07 Å². The predicted molar refractivity (Wildman–Crippen MR) is 73.3 cm³/mol. The third-order valence-corrected chi connectivity index (χ3v) is 4.99. The van der Waals surface area contributed by atoms with Gasteiger partial charge in [0, 0.05) is 21.4 Å². The lowest BCUT2D eigenvalue weighted by molar-refractivity contribution is 0.541. The monoisotopic (exact) mass is 279 g/mol. The topological polar surface area (TPSA) is 26.0 Å². The van der Waals surface area contributed by atoms with Crippen molar-refractivity contribution in [2.24, 2.45) is 5.73 Å². The van der Waals surface area contributed by atoms with Gasteiger partial charge in [-0.2, -0.15) is 0 Å². The van der Waals surface area contributed by atoms with Gasteiger partial charge in [0.2, 0.25) is 0 Å². The lowest BCUT2D eigenvalue weighted by Gasteiger charge is -2.11. The largest absolute Gasteiger partial charge is 0.323 e. The Morgan fingerprint density at radius 1 is 1.21 bits per heavy atom. The third-order valence-electron chi connectivity index (χ3n) is 3.62. The van der Waals surface area contributed by atoms with Gasteiger partial charge < -0.3 is 5.73 Å². The molecule has 3 rings (SSSR count). The van der Waals surface area contributed by atoms with Gasteiger partial charge in [-0.3, -0.25) is 0 Å². The summed E-state index contributed by atoms with van der Waals surface area (Å²) < 4.78 is 27.2. The number of fused-ring (bicyclic) bond motifs is 1. The molecular formula is C15H15F2NS. The van der Waals surface area contributed by atoms with Crippen LogP contribution in [0, 0.1) is 11.6 Å². The Bertz CT molecular complexity index is 564. The molecule has 2 aromatic rings. The Hall–Kier alpha value is -1.26. The van der Waals surface area contributed by atoms with Crippen molar-refractivity contribution in [3.8, 4) is 0 Å². The minimum Gasteiger partial charge on any atom is -0.323 e.